The van der Waals surface area contributed by atoms with Gasteiger partial charge in [0, 0.05) is 33.2 Å². The molecule has 2 fully saturated rings. The summed E-state index contributed by atoms with van der Waals surface area (Å²) in [5.74, 6) is 1.77. The zero-order chi connectivity index (χ0) is 19.3. The van der Waals surface area contributed by atoms with Crippen LogP contribution in [-0.4, -0.2) is 78.2 Å². The summed E-state index contributed by atoms with van der Waals surface area (Å²) in [6.45, 7) is 4.51. The van der Waals surface area contributed by atoms with E-state index < -0.39 is 0 Å². The van der Waals surface area contributed by atoms with Crippen molar-refractivity contribution in [3.63, 3.8) is 0 Å². The number of morpholine rings is 1. The van der Waals surface area contributed by atoms with E-state index in [1.54, 1.807) is 0 Å². The number of H-pyrrole nitrogens is 1. The molecule has 2 aromatic rings. The van der Waals surface area contributed by atoms with Crippen molar-refractivity contribution >= 4 is 29.9 Å². The van der Waals surface area contributed by atoms with Crippen LogP contribution in [0.15, 0.2) is 41.5 Å². The number of aliphatic imine (C=N–C) groups is 1. The van der Waals surface area contributed by atoms with Crippen LogP contribution in [0.2, 0.25) is 0 Å². The van der Waals surface area contributed by atoms with Crippen LogP contribution < -0.4 is 5.32 Å². The van der Waals surface area contributed by atoms with Gasteiger partial charge in [-0.2, -0.15) is 0 Å². The Labute approximate surface area is 190 Å². The second kappa shape index (κ2) is 10.4. The maximum Gasteiger partial charge on any atom is 0.193 e. The largest absolute Gasteiger partial charge is 0.373 e. The van der Waals surface area contributed by atoms with Crippen molar-refractivity contribution in [2.45, 2.75) is 31.5 Å². The highest BCUT2D eigenvalue weighted by molar-refractivity contribution is 14.0. The first kappa shape index (κ1) is 22.0. The molecule has 2 unspecified atom stereocenters. The van der Waals surface area contributed by atoms with Crippen LogP contribution >= 0.6 is 24.0 Å². The monoisotopic (exact) mass is 510 g/mol. The number of benzene rings is 1. The quantitative estimate of drug-likeness (QED) is 0.368. The lowest BCUT2D eigenvalue weighted by atomic mass is 10.2. The highest BCUT2D eigenvalue weighted by Gasteiger charge is 2.32. The van der Waals surface area contributed by atoms with E-state index in [1.165, 1.54) is 19.4 Å². The summed E-state index contributed by atoms with van der Waals surface area (Å²) in [6.07, 6.45) is 4.68. The van der Waals surface area contributed by atoms with Gasteiger partial charge < -0.3 is 19.9 Å². The van der Waals surface area contributed by atoms with Crippen LogP contribution in [0.4, 0.5) is 0 Å². The molecule has 2 N–H and O–H groups in total. The van der Waals surface area contributed by atoms with E-state index in [4.69, 9.17) is 4.74 Å². The lowest BCUT2D eigenvalue weighted by Gasteiger charge is -2.35. The van der Waals surface area contributed by atoms with Gasteiger partial charge in [-0.1, -0.05) is 30.3 Å². The van der Waals surface area contributed by atoms with Gasteiger partial charge >= 0.3 is 0 Å². The molecule has 7 nitrogen and oxygen atoms in total. The minimum Gasteiger partial charge on any atom is -0.373 e. The standard InChI is InChI=1S/C21H30N6O.HI/c1-22-21(24-11-18-13-27-10-6-9-17(27)15-28-18)26(2)14-20-23-12-19(25-20)16-7-4-3-5-8-16;/h3-5,7-8,12,17-18H,6,9-11,13-15H2,1-2H3,(H,22,24)(H,23,25);1H. The average molecular weight is 510 g/mol. The van der Waals surface area contributed by atoms with Gasteiger partial charge in [0.2, 0.25) is 0 Å². The van der Waals surface area contributed by atoms with Crippen LogP contribution in [-0.2, 0) is 11.3 Å². The van der Waals surface area contributed by atoms with Crippen LogP contribution in [0.1, 0.15) is 18.7 Å². The summed E-state index contributed by atoms with van der Waals surface area (Å²) in [5, 5.41) is 3.46. The molecule has 1 aromatic heterocycles. The number of imidazole rings is 1. The molecule has 0 radical (unpaired) electrons. The Morgan fingerprint density at radius 3 is 3.00 bits per heavy atom. The Balaban J connectivity index is 0.00000240. The number of hydrogen-bond donors (Lipinski definition) is 2. The van der Waals surface area contributed by atoms with Crippen LogP contribution in [0.25, 0.3) is 11.3 Å². The molecule has 0 saturated carbocycles. The molecule has 8 heteroatoms. The zero-order valence-corrected chi connectivity index (χ0v) is 19.5. The molecule has 2 saturated heterocycles. The van der Waals surface area contributed by atoms with Gasteiger partial charge in [0.15, 0.2) is 5.96 Å². The second-order valence-electron chi connectivity index (χ2n) is 7.64. The zero-order valence-electron chi connectivity index (χ0n) is 17.2. The summed E-state index contributed by atoms with van der Waals surface area (Å²) >= 11 is 0. The van der Waals surface area contributed by atoms with Gasteiger partial charge in [-0.3, -0.25) is 9.89 Å². The van der Waals surface area contributed by atoms with Crippen molar-refractivity contribution in [1.82, 2.24) is 25.1 Å². The van der Waals surface area contributed by atoms with Gasteiger partial charge in [-0.05, 0) is 24.9 Å². The molecule has 2 aliphatic rings. The molecule has 29 heavy (non-hydrogen) atoms. The maximum atomic E-state index is 6.04. The Morgan fingerprint density at radius 2 is 2.21 bits per heavy atom. The minimum absolute atomic E-state index is 0. The Bertz CT molecular complexity index is 795. The lowest BCUT2D eigenvalue weighted by molar-refractivity contribution is -0.0454. The molecule has 1 aromatic carbocycles. The average Bonchev–Trinajstić information content (AvgIpc) is 3.38. The summed E-state index contributed by atoms with van der Waals surface area (Å²) in [4.78, 5) is 17.0. The van der Waals surface area contributed by atoms with Crippen LogP contribution in [0.3, 0.4) is 0 Å². The molecule has 0 aliphatic carbocycles. The molecule has 4 rings (SSSR count). The van der Waals surface area contributed by atoms with E-state index in [1.807, 2.05) is 38.5 Å². The molecule has 3 heterocycles. The summed E-state index contributed by atoms with van der Waals surface area (Å²) in [7, 11) is 3.84. The van der Waals surface area contributed by atoms with E-state index in [9.17, 15) is 0 Å². The summed E-state index contributed by atoms with van der Waals surface area (Å²) in [6, 6.07) is 10.9. The number of hydrogen-bond acceptors (Lipinski definition) is 4. The Kier molecular flexibility index (Phi) is 7.91. The highest BCUT2D eigenvalue weighted by Crippen LogP contribution is 2.22. The van der Waals surface area contributed by atoms with Crippen molar-refractivity contribution < 1.29 is 4.74 Å². The number of rotatable bonds is 5. The first-order chi connectivity index (χ1) is 13.7. The third-order valence-electron chi connectivity index (χ3n) is 5.62. The van der Waals surface area contributed by atoms with Crippen molar-refractivity contribution in [1.29, 1.82) is 0 Å². The molecule has 0 bridgehead atoms. The third-order valence-corrected chi connectivity index (χ3v) is 5.62. The molecular formula is C21H31IN6O. The summed E-state index contributed by atoms with van der Waals surface area (Å²) < 4.78 is 6.04. The predicted molar refractivity (Wildman–Crippen MR) is 127 cm³/mol. The molecule has 0 spiro atoms. The van der Waals surface area contributed by atoms with Gasteiger partial charge in [0.25, 0.3) is 0 Å². The van der Waals surface area contributed by atoms with Gasteiger partial charge in [0.1, 0.15) is 5.82 Å². The van der Waals surface area contributed by atoms with Crippen molar-refractivity contribution in [2.24, 2.45) is 4.99 Å². The first-order valence-corrected chi connectivity index (χ1v) is 10.1. The normalized spacial score (nSPS) is 22.1. The second-order valence-corrected chi connectivity index (χ2v) is 7.64. The number of nitrogens with one attached hydrogen (secondary N) is 2. The number of guanidine groups is 1. The lowest BCUT2D eigenvalue weighted by Crippen LogP contribution is -2.51. The number of aromatic amines is 1. The van der Waals surface area contributed by atoms with Crippen molar-refractivity contribution in [3.8, 4) is 11.3 Å². The summed E-state index contributed by atoms with van der Waals surface area (Å²) in [5.41, 5.74) is 2.17. The smallest absolute Gasteiger partial charge is 0.193 e. The predicted octanol–water partition coefficient (Wildman–Crippen LogP) is 2.57. The van der Waals surface area contributed by atoms with E-state index in [-0.39, 0.29) is 30.1 Å². The third kappa shape index (κ3) is 5.49. The molecule has 2 aliphatic heterocycles. The van der Waals surface area contributed by atoms with Crippen molar-refractivity contribution in [2.75, 3.05) is 40.3 Å². The van der Waals surface area contributed by atoms with Crippen molar-refractivity contribution in [3.05, 3.63) is 42.4 Å². The minimum atomic E-state index is 0. The number of ether oxygens (including phenoxy) is 1. The maximum absolute atomic E-state index is 6.04. The highest BCUT2D eigenvalue weighted by atomic mass is 127. The fraction of sp³-hybridized carbons (Fsp3) is 0.524. The Hall–Kier alpha value is -1.65. The molecule has 2 atom stereocenters. The van der Waals surface area contributed by atoms with Gasteiger partial charge in [-0.25, -0.2) is 4.98 Å². The fourth-order valence-electron chi connectivity index (χ4n) is 4.11. The van der Waals surface area contributed by atoms with E-state index in [2.05, 4.69) is 42.2 Å². The number of aromatic nitrogens is 2. The first-order valence-electron chi connectivity index (χ1n) is 10.1. The number of nitrogens with zero attached hydrogens (tertiary/aromatic N) is 4. The molecule has 0 amide bonds. The fourth-order valence-corrected chi connectivity index (χ4v) is 4.11. The van der Waals surface area contributed by atoms with Crippen LogP contribution in [0, 0.1) is 0 Å². The number of fused-ring (bicyclic) bond motifs is 1. The molecular weight excluding hydrogens is 479 g/mol. The van der Waals surface area contributed by atoms with Crippen LogP contribution in [0.5, 0.6) is 0 Å². The van der Waals surface area contributed by atoms with E-state index in [0.717, 1.165) is 42.7 Å². The van der Waals surface area contributed by atoms with E-state index in [0.29, 0.717) is 12.6 Å². The van der Waals surface area contributed by atoms with E-state index >= 15 is 0 Å². The van der Waals surface area contributed by atoms with Gasteiger partial charge in [-0.15, -0.1) is 24.0 Å². The molecule has 158 valence electrons. The SMILES string of the molecule is CN=C(NCC1CN2CCCC2CO1)N(C)Cc1ncc(-c2ccccc2)[nH]1.I. The topological polar surface area (TPSA) is 68.8 Å². The van der Waals surface area contributed by atoms with Gasteiger partial charge in [0.05, 0.1) is 31.1 Å². The Morgan fingerprint density at radius 1 is 1.38 bits per heavy atom. The number of halogens is 1.